The Labute approximate surface area is 204 Å². The van der Waals surface area contributed by atoms with E-state index in [1.807, 2.05) is 30.3 Å². The lowest BCUT2D eigenvalue weighted by molar-refractivity contribution is -0.118. The summed E-state index contributed by atoms with van der Waals surface area (Å²) in [7, 11) is 0.423. The van der Waals surface area contributed by atoms with Gasteiger partial charge < -0.3 is 14.8 Å². The summed E-state index contributed by atoms with van der Waals surface area (Å²) in [5.74, 6) is 0.0148. The van der Waals surface area contributed by atoms with E-state index < -0.39 is 27.8 Å². The maximum atomic E-state index is 13.2. The normalized spacial score (nSPS) is 16.9. The molecule has 3 aromatic carbocycles. The number of amides is 1. The molecule has 3 aromatic rings. The van der Waals surface area contributed by atoms with Crippen molar-refractivity contribution in [1.82, 2.24) is 4.31 Å². The highest BCUT2D eigenvalue weighted by molar-refractivity contribution is 7.89. The Hall–Kier alpha value is -3.69. The lowest BCUT2D eigenvalue weighted by atomic mass is 10.0. The molecule has 0 fully saturated rings. The standard InChI is InChI=1S/C26H26N2O6S/c1-28-24(25(29)19-9-5-7-11-23(19)35(28,31)32)26(30)27-20-10-6-4-8-18(20)14-12-17-13-15-21(33-2)22(16-17)34-3/h4-11,13,15-16,24H,12,14H2,1-3H3,(H,27,30). The Kier molecular flexibility index (Phi) is 6.90. The third kappa shape index (κ3) is 4.65. The molecule has 1 amide bonds. The third-order valence-electron chi connectivity index (χ3n) is 6.08. The molecule has 1 N–H and O–H groups in total. The minimum absolute atomic E-state index is 0.0208. The molecule has 1 heterocycles. The number of likely N-dealkylation sites (N-methyl/N-ethyl adjacent to an activating group) is 1. The van der Waals surface area contributed by atoms with Gasteiger partial charge in [-0.05, 0) is 54.3 Å². The van der Waals surface area contributed by atoms with Crippen molar-refractivity contribution in [1.29, 1.82) is 0 Å². The number of aryl methyl sites for hydroxylation is 2. The van der Waals surface area contributed by atoms with Crippen molar-refractivity contribution in [2.24, 2.45) is 0 Å². The number of rotatable bonds is 7. The Balaban J connectivity index is 1.55. The first-order valence-corrected chi connectivity index (χ1v) is 12.4. The Morgan fingerprint density at radius 3 is 2.37 bits per heavy atom. The predicted octanol–water partition coefficient (Wildman–Crippen LogP) is 3.31. The molecular formula is C26H26N2O6S. The number of anilines is 1. The minimum atomic E-state index is -3.98. The average Bonchev–Trinajstić information content (AvgIpc) is 2.87. The molecule has 1 atom stereocenters. The molecule has 9 heteroatoms. The molecule has 0 bridgehead atoms. The van der Waals surface area contributed by atoms with Crippen LogP contribution in [0.4, 0.5) is 5.69 Å². The smallest absolute Gasteiger partial charge is 0.250 e. The molecule has 8 nitrogen and oxygen atoms in total. The van der Waals surface area contributed by atoms with Crippen LogP contribution in [0.2, 0.25) is 0 Å². The minimum Gasteiger partial charge on any atom is -0.493 e. The number of hydrogen-bond acceptors (Lipinski definition) is 6. The lowest BCUT2D eigenvalue weighted by Crippen LogP contribution is -2.53. The van der Waals surface area contributed by atoms with Gasteiger partial charge >= 0.3 is 0 Å². The van der Waals surface area contributed by atoms with Crippen molar-refractivity contribution in [3.8, 4) is 11.5 Å². The van der Waals surface area contributed by atoms with E-state index in [2.05, 4.69) is 5.32 Å². The number of para-hydroxylation sites is 1. The summed E-state index contributed by atoms with van der Waals surface area (Å²) in [6.45, 7) is 0. The van der Waals surface area contributed by atoms with Gasteiger partial charge in [0.2, 0.25) is 10.0 Å². The van der Waals surface area contributed by atoms with Crippen LogP contribution >= 0.6 is 0 Å². The second-order valence-electron chi connectivity index (χ2n) is 8.12. The fourth-order valence-corrected chi connectivity index (χ4v) is 5.64. The maximum absolute atomic E-state index is 13.2. The summed E-state index contributed by atoms with van der Waals surface area (Å²) in [5, 5.41) is 2.78. The molecule has 35 heavy (non-hydrogen) atoms. The number of hydrogen-bond donors (Lipinski definition) is 1. The Bertz CT molecular complexity index is 1390. The van der Waals surface area contributed by atoms with E-state index in [1.54, 1.807) is 38.5 Å². The van der Waals surface area contributed by atoms with Crippen LogP contribution < -0.4 is 14.8 Å². The van der Waals surface area contributed by atoms with Crippen molar-refractivity contribution in [2.45, 2.75) is 23.8 Å². The number of ketones is 1. The number of sulfonamides is 1. The highest BCUT2D eigenvalue weighted by Crippen LogP contribution is 2.31. The quantitative estimate of drug-likeness (QED) is 0.506. The molecule has 182 valence electrons. The third-order valence-corrected chi connectivity index (χ3v) is 7.96. The van der Waals surface area contributed by atoms with Gasteiger partial charge in [-0.15, -0.1) is 0 Å². The van der Waals surface area contributed by atoms with Crippen LogP contribution in [0.25, 0.3) is 0 Å². The van der Waals surface area contributed by atoms with Crippen LogP contribution in [0.5, 0.6) is 11.5 Å². The van der Waals surface area contributed by atoms with Crippen LogP contribution in [0.1, 0.15) is 21.5 Å². The molecule has 0 saturated carbocycles. The average molecular weight is 495 g/mol. The first kappa shape index (κ1) is 24.4. The number of methoxy groups -OCH3 is 2. The van der Waals surface area contributed by atoms with Gasteiger partial charge in [0.25, 0.3) is 5.91 Å². The molecule has 1 aliphatic heterocycles. The summed E-state index contributed by atoms with van der Waals surface area (Å²) < 4.78 is 37.3. The number of carbonyl (C=O) groups excluding carboxylic acids is 2. The molecule has 1 aliphatic rings. The van der Waals surface area contributed by atoms with Gasteiger partial charge in [0, 0.05) is 18.3 Å². The molecular weight excluding hydrogens is 468 g/mol. The highest BCUT2D eigenvalue weighted by Gasteiger charge is 2.45. The van der Waals surface area contributed by atoms with E-state index >= 15 is 0 Å². The molecule has 4 rings (SSSR count). The number of carbonyl (C=O) groups is 2. The Morgan fingerprint density at radius 1 is 0.943 bits per heavy atom. The number of fused-ring (bicyclic) bond motifs is 1. The van der Waals surface area contributed by atoms with Gasteiger partial charge in [0.15, 0.2) is 23.3 Å². The van der Waals surface area contributed by atoms with Crippen molar-refractivity contribution in [2.75, 3.05) is 26.6 Å². The number of ether oxygens (including phenoxy) is 2. The van der Waals surface area contributed by atoms with Gasteiger partial charge in [-0.3, -0.25) is 9.59 Å². The Morgan fingerprint density at radius 2 is 1.63 bits per heavy atom. The van der Waals surface area contributed by atoms with E-state index in [1.165, 1.54) is 19.2 Å². The van der Waals surface area contributed by atoms with E-state index in [4.69, 9.17) is 9.47 Å². The second kappa shape index (κ2) is 9.89. The highest BCUT2D eigenvalue weighted by atomic mass is 32.2. The molecule has 1 unspecified atom stereocenters. The van der Waals surface area contributed by atoms with Gasteiger partial charge in [-0.2, -0.15) is 4.31 Å². The molecule has 0 radical (unpaired) electrons. The SMILES string of the molecule is COc1ccc(CCc2ccccc2NC(=O)C2C(=O)c3ccccc3S(=O)(=O)N2C)cc1OC. The second-order valence-corrected chi connectivity index (χ2v) is 10.1. The summed E-state index contributed by atoms with van der Waals surface area (Å²) >= 11 is 0. The van der Waals surface area contributed by atoms with Gasteiger partial charge in [0.1, 0.15) is 0 Å². The monoisotopic (exact) mass is 494 g/mol. The first-order valence-electron chi connectivity index (χ1n) is 11.0. The van der Waals surface area contributed by atoms with Gasteiger partial charge in [0.05, 0.1) is 19.1 Å². The van der Waals surface area contributed by atoms with Crippen molar-refractivity contribution in [3.63, 3.8) is 0 Å². The van der Waals surface area contributed by atoms with E-state index in [-0.39, 0.29) is 10.5 Å². The van der Waals surface area contributed by atoms with E-state index in [0.29, 0.717) is 30.0 Å². The molecule has 0 aliphatic carbocycles. The fraction of sp³-hybridized carbons (Fsp3) is 0.231. The van der Waals surface area contributed by atoms with Crippen molar-refractivity contribution in [3.05, 3.63) is 83.4 Å². The number of Topliss-reactive ketones (excluding diaryl/α,β-unsaturated/α-hetero) is 1. The van der Waals surface area contributed by atoms with Crippen LogP contribution in [0, 0.1) is 0 Å². The molecule has 0 saturated heterocycles. The fourth-order valence-electron chi connectivity index (χ4n) is 4.16. The maximum Gasteiger partial charge on any atom is 0.250 e. The van der Waals surface area contributed by atoms with Crippen LogP contribution in [-0.2, 0) is 27.7 Å². The van der Waals surface area contributed by atoms with Crippen molar-refractivity contribution >= 4 is 27.4 Å². The van der Waals surface area contributed by atoms with Gasteiger partial charge in [-0.1, -0.05) is 36.4 Å². The number of nitrogens with one attached hydrogen (secondary N) is 1. The van der Waals surface area contributed by atoms with Crippen LogP contribution in [0.15, 0.2) is 71.6 Å². The van der Waals surface area contributed by atoms with E-state index in [0.717, 1.165) is 15.4 Å². The summed E-state index contributed by atoms with van der Waals surface area (Å²) in [5.41, 5.74) is 2.42. The molecule has 0 spiro atoms. The largest absolute Gasteiger partial charge is 0.493 e. The predicted molar refractivity (Wildman–Crippen MR) is 132 cm³/mol. The lowest BCUT2D eigenvalue weighted by Gasteiger charge is -2.31. The summed E-state index contributed by atoms with van der Waals surface area (Å²) in [6.07, 6.45) is 1.26. The zero-order valence-electron chi connectivity index (χ0n) is 19.6. The number of nitrogens with zero attached hydrogens (tertiary/aromatic N) is 1. The number of benzene rings is 3. The first-order chi connectivity index (χ1) is 16.8. The van der Waals surface area contributed by atoms with Crippen LogP contribution in [0.3, 0.4) is 0 Å². The summed E-state index contributed by atoms with van der Waals surface area (Å²) in [6, 6.07) is 17.4. The molecule has 0 aromatic heterocycles. The summed E-state index contributed by atoms with van der Waals surface area (Å²) in [4.78, 5) is 26.2. The van der Waals surface area contributed by atoms with Crippen LogP contribution in [-0.4, -0.2) is 51.7 Å². The van der Waals surface area contributed by atoms with Gasteiger partial charge in [-0.25, -0.2) is 8.42 Å². The zero-order chi connectivity index (χ0) is 25.2. The van der Waals surface area contributed by atoms with E-state index in [9.17, 15) is 18.0 Å². The van der Waals surface area contributed by atoms with Crippen molar-refractivity contribution < 1.29 is 27.5 Å². The topological polar surface area (TPSA) is 102 Å². The zero-order valence-corrected chi connectivity index (χ0v) is 20.5.